The second kappa shape index (κ2) is 10.2. The summed E-state index contributed by atoms with van der Waals surface area (Å²) in [7, 11) is 1.68. The first kappa shape index (κ1) is 25.9. The van der Waals surface area contributed by atoms with Gasteiger partial charge in [0.05, 0.1) is 25.0 Å². The van der Waals surface area contributed by atoms with Crippen LogP contribution in [0.2, 0.25) is 0 Å². The predicted molar refractivity (Wildman–Crippen MR) is 130 cm³/mol. The molecule has 0 saturated carbocycles. The number of fused-ring (bicyclic) bond motifs is 1. The highest BCUT2D eigenvalue weighted by Gasteiger charge is 2.38. The van der Waals surface area contributed by atoms with Crippen molar-refractivity contribution in [3.63, 3.8) is 0 Å². The molecule has 200 valence electrons. The molecule has 1 saturated heterocycles. The number of aliphatic hydroxyl groups excluding tert-OH is 1. The molecule has 2 amide bonds. The number of rotatable bonds is 7. The van der Waals surface area contributed by atoms with Gasteiger partial charge in [-0.2, -0.15) is 18.2 Å². The number of alkyl halides is 3. The number of carbonyl (C=O) groups is 2. The van der Waals surface area contributed by atoms with E-state index in [1.165, 1.54) is 0 Å². The average molecular weight is 530 g/mol. The number of hydrogen-bond acceptors (Lipinski definition) is 7. The summed E-state index contributed by atoms with van der Waals surface area (Å²) in [5.41, 5.74) is 3.34. The van der Waals surface area contributed by atoms with Crippen LogP contribution in [0.4, 0.5) is 18.9 Å². The van der Waals surface area contributed by atoms with Gasteiger partial charge < -0.3 is 19.8 Å². The van der Waals surface area contributed by atoms with Crippen molar-refractivity contribution in [2.24, 2.45) is 0 Å². The van der Waals surface area contributed by atoms with Crippen LogP contribution in [0.3, 0.4) is 0 Å². The quantitative estimate of drug-likeness (QED) is 0.484. The van der Waals surface area contributed by atoms with Crippen LogP contribution in [0.25, 0.3) is 11.4 Å². The van der Waals surface area contributed by atoms with Crippen molar-refractivity contribution in [3.05, 3.63) is 65.0 Å². The molecule has 2 N–H and O–H groups in total. The van der Waals surface area contributed by atoms with Gasteiger partial charge in [0.1, 0.15) is 0 Å². The van der Waals surface area contributed by atoms with E-state index in [1.807, 2.05) is 17.0 Å². The molecule has 12 heteroatoms. The summed E-state index contributed by atoms with van der Waals surface area (Å²) in [6.07, 6.45) is -4.18. The van der Waals surface area contributed by atoms with Crippen LogP contribution in [-0.2, 0) is 28.6 Å². The number of nitrogens with one attached hydrogen (secondary N) is 1. The second-order valence-corrected chi connectivity index (χ2v) is 9.66. The third kappa shape index (κ3) is 5.55. The topological polar surface area (TPSA) is 112 Å². The number of carbonyl (C=O) groups excluding carboxylic acids is 2. The van der Waals surface area contributed by atoms with Crippen molar-refractivity contribution in [3.8, 4) is 11.4 Å². The Bertz CT molecular complexity index is 1360. The van der Waals surface area contributed by atoms with Crippen molar-refractivity contribution in [1.29, 1.82) is 0 Å². The first-order chi connectivity index (χ1) is 18.1. The van der Waals surface area contributed by atoms with Gasteiger partial charge in [-0.3, -0.25) is 14.5 Å². The van der Waals surface area contributed by atoms with Gasteiger partial charge in [0.15, 0.2) is 0 Å². The zero-order valence-corrected chi connectivity index (χ0v) is 20.5. The Morgan fingerprint density at radius 1 is 1.29 bits per heavy atom. The van der Waals surface area contributed by atoms with Gasteiger partial charge >= 0.3 is 12.1 Å². The van der Waals surface area contributed by atoms with E-state index in [2.05, 4.69) is 20.0 Å². The Kier molecular flexibility index (Phi) is 6.93. The fraction of sp³-hybridized carbons (Fsp3) is 0.385. The van der Waals surface area contributed by atoms with Gasteiger partial charge in [-0.05, 0) is 35.2 Å². The monoisotopic (exact) mass is 529 g/mol. The highest BCUT2D eigenvalue weighted by molar-refractivity contribution is 5.99. The van der Waals surface area contributed by atoms with Crippen molar-refractivity contribution < 1.29 is 32.4 Å². The molecule has 2 aliphatic heterocycles. The number of hydrogen-bond donors (Lipinski definition) is 2. The third-order valence-corrected chi connectivity index (χ3v) is 6.89. The van der Waals surface area contributed by atoms with E-state index in [0.717, 1.165) is 11.1 Å². The van der Waals surface area contributed by atoms with Crippen molar-refractivity contribution in [1.82, 2.24) is 19.9 Å². The maximum Gasteiger partial charge on any atom is 0.471 e. The molecule has 0 aliphatic carbocycles. The summed E-state index contributed by atoms with van der Waals surface area (Å²) >= 11 is 0. The zero-order chi connectivity index (χ0) is 27.0. The molecule has 2 aliphatic rings. The van der Waals surface area contributed by atoms with E-state index < -0.39 is 24.2 Å². The molecule has 1 unspecified atom stereocenters. The average Bonchev–Trinajstić information content (AvgIpc) is 3.61. The van der Waals surface area contributed by atoms with Crippen LogP contribution in [-0.4, -0.2) is 69.6 Å². The number of nitrogens with zero attached hydrogens (tertiary/aromatic N) is 4. The van der Waals surface area contributed by atoms with Crippen molar-refractivity contribution in [2.45, 2.75) is 37.6 Å². The van der Waals surface area contributed by atoms with Gasteiger partial charge in [0, 0.05) is 37.9 Å². The van der Waals surface area contributed by atoms with Gasteiger partial charge in [-0.15, -0.1) is 0 Å². The molecule has 2 atom stereocenters. The molecule has 1 aromatic heterocycles. The summed E-state index contributed by atoms with van der Waals surface area (Å²) in [6.45, 7) is 1.54. The number of anilines is 1. The Hall–Kier alpha value is -3.77. The zero-order valence-electron chi connectivity index (χ0n) is 20.5. The summed E-state index contributed by atoms with van der Waals surface area (Å²) in [5, 5.41) is 16.3. The molecule has 3 heterocycles. The molecule has 38 heavy (non-hydrogen) atoms. The molecular weight excluding hydrogens is 503 g/mol. The third-order valence-electron chi connectivity index (χ3n) is 6.89. The number of likely N-dealkylation sites (tertiary alicyclic amines) is 1. The lowest BCUT2D eigenvalue weighted by Crippen LogP contribution is -2.39. The van der Waals surface area contributed by atoms with E-state index in [4.69, 9.17) is 0 Å². The van der Waals surface area contributed by atoms with Gasteiger partial charge in [0.2, 0.25) is 17.6 Å². The maximum absolute atomic E-state index is 13.4. The number of likely N-dealkylation sites (N-methyl/N-ethyl adjacent to an activating group) is 1. The number of β-amino-alcohol motifs (C(OH)–C–C–N with tert-alkyl or cyclic N) is 1. The number of benzene rings is 2. The van der Waals surface area contributed by atoms with E-state index in [0.29, 0.717) is 49.3 Å². The van der Waals surface area contributed by atoms with Crippen LogP contribution in [0.5, 0.6) is 0 Å². The number of halogens is 3. The Labute approximate surface area is 216 Å². The molecule has 9 nitrogen and oxygen atoms in total. The first-order valence-electron chi connectivity index (χ1n) is 12.2. The van der Waals surface area contributed by atoms with Crippen molar-refractivity contribution in [2.75, 3.05) is 32.0 Å². The lowest BCUT2D eigenvalue weighted by molar-refractivity contribution is -0.159. The minimum Gasteiger partial charge on any atom is -0.392 e. The Morgan fingerprint density at radius 2 is 2.11 bits per heavy atom. The first-order valence-corrected chi connectivity index (χ1v) is 12.2. The lowest BCUT2D eigenvalue weighted by Gasteiger charge is -2.32. The normalized spacial score (nSPS) is 18.3. The summed E-state index contributed by atoms with van der Waals surface area (Å²) < 4.78 is 43.3. The molecule has 1 fully saturated rings. The van der Waals surface area contributed by atoms with E-state index in [9.17, 15) is 27.9 Å². The number of aliphatic hydroxyl groups is 1. The fourth-order valence-corrected chi connectivity index (χ4v) is 4.86. The fourth-order valence-electron chi connectivity index (χ4n) is 4.86. The summed E-state index contributed by atoms with van der Waals surface area (Å²) in [6, 6.07) is 11.7. The van der Waals surface area contributed by atoms with Crippen LogP contribution >= 0.6 is 0 Å². The van der Waals surface area contributed by atoms with Gasteiger partial charge in [-0.1, -0.05) is 35.5 Å². The smallest absolute Gasteiger partial charge is 0.392 e. The molecule has 0 bridgehead atoms. The molecule has 0 spiro atoms. The number of amides is 2. The summed E-state index contributed by atoms with van der Waals surface area (Å²) in [4.78, 5) is 32.2. The maximum atomic E-state index is 13.4. The molecule has 3 aromatic rings. The molecule has 5 rings (SSSR count). The minimum absolute atomic E-state index is 0.0858. The van der Waals surface area contributed by atoms with Crippen LogP contribution < -0.4 is 5.32 Å². The van der Waals surface area contributed by atoms with E-state index >= 15 is 0 Å². The van der Waals surface area contributed by atoms with Crippen molar-refractivity contribution >= 4 is 17.5 Å². The molecule has 0 radical (unpaired) electrons. The Balaban J connectivity index is 1.40. The van der Waals surface area contributed by atoms with Crippen LogP contribution in [0.1, 0.15) is 35.0 Å². The predicted octanol–water partition coefficient (Wildman–Crippen LogP) is 3.06. The Morgan fingerprint density at radius 3 is 2.82 bits per heavy atom. The van der Waals surface area contributed by atoms with Gasteiger partial charge in [0.25, 0.3) is 0 Å². The minimum atomic E-state index is -4.75. The number of aromatic nitrogens is 2. The van der Waals surface area contributed by atoms with Gasteiger partial charge in [-0.25, -0.2) is 0 Å². The second-order valence-electron chi connectivity index (χ2n) is 9.66. The standard InChI is InChI=1S/C26H26F3N5O4/c1-33(23(37)10-15-5-6-16-12-22(36)30-20(16)9-15)21(14-34-8-7-19(35)13-34)17-3-2-4-18(11-17)24-31-25(38-32-24)26(27,28)29/h2-6,9,11,19,21,35H,7-8,10,12-14H2,1H3,(H,30,36)/t19?,21-/m1/s1. The highest BCUT2D eigenvalue weighted by atomic mass is 19.4. The SMILES string of the molecule is CN(C(=O)Cc1ccc2c(c1)NC(=O)C2)[C@H](CN1CCC(O)C1)c1cccc(-c2noc(C(F)(F)F)n2)c1. The van der Waals surface area contributed by atoms with E-state index in [-0.39, 0.29) is 24.1 Å². The summed E-state index contributed by atoms with van der Waals surface area (Å²) in [5.74, 6) is -1.90. The van der Waals surface area contributed by atoms with E-state index in [1.54, 1.807) is 42.3 Å². The lowest BCUT2D eigenvalue weighted by atomic mass is 10.0. The highest BCUT2D eigenvalue weighted by Crippen LogP contribution is 2.31. The molecular formula is C26H26F3N5O4. The molecule has 2 aromatic carbocycles. The largest absolute Gasteiger partial charge is 0.471 e. The van der Waals surface area contributed by atoms with Crippen LogP contribution in [0, 0.1) is 0 Å². The van der Waals surface area contributed by atoms with Crippen LogP contribution in [0.15, 0.2) is 47.0 Å².